The summed E-state index contributed by atoms with van der Waals surface area (Å²) in [7, 11) is 3.36. The Kier molecular flexibility index (Phi) is 4.94. The molecule has 1 N–H and O–H groups in total. The molecule has 0 saturated heterocycles. The number of hydrogen-bond donors (Lipinski definition) is 1. The van der Waals surface area contributed by atoms with Crippen molar-refractivity contribution in [3.63, 3.8) is 0 Å². The highest BCUT2D eigenvalue weighted by Crippen LogP contribution is 2.15. The molecule has 0 fully saturated rings. The first-order valence-electron chi connectivity index (χ1n) is 7.76. The molecule has 7 nitrogen and oxygen atoms in total. The maximum Gasteiger partial charge on any atom is 0.321 e. The molecule has 0 aliphatic carbocycles. The number of nitrogens with one attached hydrogen (secondary N) is 1. The molecule has 0 spiro atoms. The molecule has 0 atom stereocenters. The number of hydrogen-bond acceptors (Lipinski definition) is 4. The molecule has 3 aromatic rings. The van der Waals surface area contributed by atoms with Crippen molar-refractivity contribution in [1.82, 2.24) is 19.7 Å². The standard InChI is InChI=1S/C18H19N5O2/c1-22(12-14-4-3-5-17(10-14)25-2)18(24)21-15-11-20-23(13-15)16-6-8-19-9-7-16/h3-11,13H,12H2,1-2H3,(H,21,24). The monoisotopic (exact) mass is 337 g/mol. The third kappa shape index (κ3) is 4.14. The van der Waals surface area contributed by atoms with Crippen LogP contribution in [0, 0.1) is 0 Å². The van der Waals surface area contributed by atoms with Gasteiger partial charge < -0.3 is 15.0 Å². The molecule has 25 heavy (non-hydrogen) atoms. The van der Waals surface area contributed by atoms with Crippen molar-refractivity contribution in [3.8, 4) is 11.4 Å². The smallest absolute Gasteiger partial charge is 0.321 e. The number of carbonyl (C=O) groups is 1. The minimum atomic E-state index is -0.211. The van der Waals surface area contributed by atoms with Gasteiger partial charge in [0, 0.05) is 26.0 Å². The molecule has 2 heterocycles. The summed E-state index contributed by atoms with van der Waals surface area (Å²) in [5.41, 5.74) is 2.49. The zero-order chi connectivity index (χ0) is 17.6. The number of pyridine rings is 1. The average Bonchev–Trinajstić information content (AvgIpc) is 3.11. The summed E-state index contributed by atoms with van der Waals surface area (Å²) in [6.07, 6.45) is 6.75. The van der Waals surface area contributed by atoms with Crippen LogP contribution in [-0.2, 0) is 6.54 Å². The van der Waals surface area contributed by atoms with E-state index in [2.05, 4.69) is 15.4 Å². The minimum Gasteiger partial charge on any atom is -0.497 e. The van der Waals surface area contributed by atoms with Gasteiger partial charge >= 0.3 is 6.03 Å². The molecular formula is C18H19N5O2. The van der Waals surface area contributed by atoms with E-state index in [-0.39, 0.29) is 6.03 Å². The summed E-state index contributed by atoms with van der Waals surface area (Å²) in [4.78, 5) is 17.9. The van der Waals surface area contributed by atoms with Crippen LogP contribution in [0.15, 0.2) is 61.2 Å². The first-order valence-corrected chi connectivity index (χ1v) is 7.76. The molecule has 7 heteroatoms. The van der Waals surface area contributed by atoms with Crippen LogP contribution in [0.4, 0.5) is 10.5 Å². The molecule has 128 valence electrons. The van der Waals surface area contributed by atoms with Gasteiger partial charge in [-0.25, -0.2) is 9.48 Å². The van der Waals surface area contributed by atoms with Gasteiger partial charge in [0.2, 0.25) is 0 Å². The molecule has 0 unspecified atom stereocenters. The lowest BCUT2D eigenvalue weighted by Crippen LogP contribution is -2.30. The number of nitrogens with zero attached hydrogens (tertiary/aromatic N) is 4. The fourth-order valence-corrected chi connectivity index (χ4v) is 2.36. The lowest BCUT2D eigenvalue weighted by molar-refractivity contribution is 0.220. The summed E-state index contributed by atoms with van der Waals surface area (Å²) in [5.74, 6) is 0.768. The number of methoxy groups -OCH3 is 1. The van der Waals surface area contributed by atoms with E-state index in [9.17, 15) is 4.79 Å². The molecule has 0 aliphatic heterocycles. The van der Waals surface area contributed by atoms with Gasteiger partial charge in [0.25, 0.3) is 0 Å². The first kappa shape index (κ1) is 16.5. The number of ether oxygens (including phenoxy) is 1. The highest BCUT2D eigenvalue weighted by atomic mass is 16.5. The lowest BCUT2D eigenvalue weighted by Gasteiger charge is -2.17. The largest absolute Gasteiger partial charge is 0.497 e. The van der Waals surface area contributed by atoms with Crippen LogP contribution in [0.2, 0.25) is 0 Å². The fourth-order valence-electron chi connectivity index (χ4n) is 2.36. The van der Waals surface area contributed by atoms with Gasteiger partial charge in [-0.3, -0.25) is 4.98 Å². The number of aromatic nitrogens is 3. The predicted molar refractivity (Wildman–Crippen MR) is 94.8 cm³/mol. The van der Waals surface area contributed by atoms with Crippen molar-refractivity contribution in [2.45, 2.75) is 6.54 Å². The number of anilines is 1. The highest BCUT2D eigenvalue weighted by Gasteiger charge is 2.11. The van der Waals surface area contributed by atoms with Crippen molar-refractivity contribution in [2.24, 2.45) is 0 Å². The Morgan fingerprint density at radius 2 is 2.08 bits per heavy atom. The number of carbonyl (C=O) groups excluding carboxylic acids is 1. The van der Waals surface area contributed by atoms with E-state index in [0.717, 1.165) is 17.0 Å². The lowest BCUT2D eigenvalue weighted by atomic mass is 10.2. The number of rotatable bonds is 5. The highest BCUT2D eigenvalue weighted by molar-refractivity contribution is 5.88. The molecule has 0 saturated carbocycles. The quantitative estimate of drug-likeness (QED) is 0.777. The van der Waals surface area contributed by atoms with Crippen LogP contribution in [0.3, 0.4) is 0 Å². The van der Waals surface area contributed by atoms with Gasteiger partial charge in [0.05, 0.1) is 30.9 Å². The Labute approximate surface area is 145 Å². The second-order valence-electron chi connectivity index (χ2n) is 5.52. The predicted octanol–water partition coefficient (Wildman–Crippen LogP) is 2.94. The fraction of sp³-hybridized carbons (Fsp3) is 0.167. The molecule has 2 aromatic heterocycles. The third-order valence-electron chi connectivity index (χ3n) is 3.66. The molecule has 0 bridgehead atoms. The Hall–Kier alpha value is -3.35. The molecule has 3 rings (SSSR count). The van der Waals surface area contributed by atoms with Gasteiger partial charge in [-0.2, -0.15) is 5.10 Å². The van der Waals surface area contributed by atoms with E-state index in [1.807, 2.05) is 36.4 Å². The summed E-state index contributed by atoms with van der Waals surface area (Å²) < 4.78 is 6.88. The summed E-state index contributed by atoms with van der Waals surface area (Å²) in [6, 6.07) is 11.1. The van der Waals surface area contributed by atoms with Crippen LogP contribution < -0.4 is 10.1 Å². The van der Waals surface area contributed by atoms with E-state index in [1.165, 1.54) is 0 Å². The maximum absolute atomic E-state index is 12.4. The van der Waals surface area contributed by atoms with Gasteiger partial charge in [-0.1, -0.05) is 12.1 Å². The van der Waals surface area contributed by atoms with E-state index < -0.39 is 0 Å². The van der Waals surface area contributed by atoms with E-state index in [1.54, 1.807) is 48.5 Å². The third-order valence-corrected chi connectivity index (χ3v) is 3.66. The number of benzene rings is 1. The van der Waals surface area contributed by atoms with Crippen LogP contribution in [-0.4, -0.2) is 39.9 Å². The Morgan fingerprint density at radius 3 is 2.84 bits per heavy atom. The van der Waals surface area contributed by atoms with E-state index in [4.69, 9.17) is 4.74 Å². The SMILES string of the molecule is COc1cccc(CN(C)C(=O)Nc2cnn(-c3ccncc3)c2)c1. The number of urea groups is 1. The average molecular weight is 337 g/mol. The minimum absolute atomic E-state index is 0.211. The van der Waals surface area contributed by atoms with Crippen molar-refractivity contribution < 1.29 is 9.53 Å². The Morgan fingerprint density at radius 1 is 1.28 bits per heavy atom. The summed E-state index contributed by atoms with van der Waals surface area (Å²) in [5, 5.41) is 7.08. The molecular weight excluding hydrogens is 318 g/mol. The Balaban J connectivity index is 1.62. The maximum atomic E-state index is 12.4. The van der Waals surface area contributed by atoms with Crippen molar-refractivity contribution in [2.75, 3.05) is 19.5 Å². The second-order valence-corrected chi connectivity index (χ2v) is 5.52. The Bertz CT molecular complexity index is 847. The van der Waals surface area contributed by atoms with Gasteiger partial charge in [-0.15, -0.1) is 0 Å². The summed E-state index contributed by atoms with van der Waals surface area (Å²) in [6.45, 7) is 0.474. The van der Waals surface area contributed by atoms with Crippen LogP contribution in [0.5, 0.6) is 5.75 Å². The van der Waals surface area contributed by atoms with Crippen LogP contribution in [0.25, 0.3) is 5.69 Å². The molecule has 2 amide bonds. The molecule has 0 aliphatic rings. The normalized spacial score (nSPS) is 10.3. The second kappa shape index (κ2) is 7.48. The molecule has 0 radical (unpaired) electrons. The zero-order valence-corrected chi connectivity index (χ0v) is 14.1. The van der Waals surface area contributed by atoms with Crippen LogP contribution >= 0.6 is 0 Å². The van der Waals surface area contributed by atoms with Crippen molar-refractivity contribution >= 4 is 11.7 Å². The van der Waals surface area contributed by atoms with Crippen molar-refractivity contribution in [1.29, 1.82) is 0 Å². The van der Waals surface area contributed by atoms with Gasteiger partial charge in [0.1, 0.15) is 5.75 Å². The van der Waals surface area contributed by atoms with Gasteiger partial charge in [-0.05, 0) is 29.8 Å². The van der Waals surface area contributed by atoms with Crippen LogP contribution in [0.1, 0.15) is 5.56 Å². The molecule has 1 aromatic carbocycles. The van der Waals surface area contributed by atoms with Crippen molar-refractivity contribution in [3.05, 3.63) is 66.7 Å². The zero-order valence-electron chi connectivity index (χ0n) is 14.1. The van der Waals surface area contributed by atoms with E-state index in [0.29, 0.717) is 12.2 Å². The van der Waals surface area contributed by atoms with Gasteiger partial charge in [0.15, 0.2) is 0 Å². The topological polar surface area (TPSA) is 72.3 Å². The summed E-state index contributed by atoms with van der Waals surface area (Å²) >= 11 is 0. The first-order chi connectivity index (χ1) is 12.2. The van der Waals surface area contributed by atoms with E-state index >= 15 is 0 Å². The number of amides is 2.